The van der Waals surface area contributed by atoms with Gasteiger partial charge in [0.15, 0.2) is 0 Å². The summed E-state index contributed by atoms with van der Waals surface area (Å²) in [7, 11) is 0. The highest BCUT2D eigenvalue weighted by Gasteiger charge is 2.57. The molecule has 0 spiro atoms. The van der Waals surface area contributed by atoms with Crippen molar-refractivity contribution in [2.75, 3.05) is 0 Å². The topological polar surface area (TPSA) is 113 Å². The van der Waals surface area contributed by atoms with Gasteiger partial charge in [0.1, 0.15) is 6.10 Å². The number of nitrogens with zero attached hydrogens (tertiary/aromatic N) is 2. The second-order valence-electron chi connectivity index (χ2n) is 7.44. The summed E-state index contributed by atoms with van der Waals surface area (Å²) < 4.78 is 5.74. The monoisotopic (exact) mass is 382 g/mol. The standard InChI is InChI=1S/C20H18N2O6/c23-18(14-11-15(21(24)25)13-16(12-14)22(26)27)28-17-5-10-19-6-1-3-8-20(17,19)9-4-2-7-19/h1,3,5-6,8,10-13,17H,2,4,7,9H2/t17-,19?,20?/m1/s1. The molecule has 1 saturated carbocycles. The second-order valence-corrected chi connectivity index (χ2v) is 7.44. The molecule has 0 saturated heterocycles. The molecule has 3 aliphatic carbocycles. The van der Waals surface area contributed by atoms with E-state index in [2.05, 4.69) is 18.2 Å². The molecule has 4 rings (SSSR count). The first-order chi connectivity index (χ1) is 13.4. The lowest BCUT2D eigenvalue weighted by atomic mass is 9.55. The molecule has 0 heterocycles. The minimum atomic E-state index is -0.805. The minimum Gasteiger partial charge on any atom is -0.454 e. The summed E-state index contributed by atoms with van der Waals surface area (Å²) in [5.74, 6) is -0.805. The fourth-order valence-electron chi connectivity index (χ4n) is 4.71. The number of nitro benzene ring substituents is 2. The molecule has 144 valence electrons. The molecule has 0 aromatic heterocycles. The Hall–Kier alpha value is -3.29. The van der Waals surface area contributed by atoms with Crippen LogP contribution in [0.5, 0.6) is 0 Å². The van der Waals surface area contributed by atoms with Gasteiger partial charge < -0.3 is 4.74 Å². The van der Waals surface area contributed by atoms with Crippen LogP contribution in [0.25, 0.3) is 0 Å². The molecule has 0 bridgehead atoms. The van der Waals surface area contributed by atoms with Crippen molar-refractivity contribution >= 4 is 17.3 Å². The van der Waals surface area contributed by atoms with Crippen molar-refractivity contribution in [3.63, 3.8) is 0 Å². The van der Waals surface area contributed by atoms with Crippen molar-refractivity contribution in [1.82, 2.24) is 0 Å². The van der Waals surface area contributed by atoms with Crippen molar-refractivity contribution in [1.29, 1.82) is 0 Å². The van der Waals surface area contributed by atoms with Crippen LogP contribution in [0.1, 0.15) is 36.0 Å². The maximum Gasteiger partial charge on any atom is 0.339 e. The lowest BCUT2D eigenvalue weighted by Crippen LogP contribution is -2.47. The van der Waals surface area contributed by atoms with Crippen LogP contribution in [-0.2, 0) is 4.74 Å². The third kappa shape index (κ3) is 2.64. The van der Waals surface area contributed by atoms with E-state index in [1.54, 1.807) is 0 Å². The van der Waals surface area contributed by atoms with Gasteiger partial charge in [0.05, 0.1) is 21.5 Å². The molecule has 1 aromatic rings. The summed E-state index contributed by atoms with van der Waals surface area (Å²) in [6.45, 7) is 0. The molecular weight excluding hydrogens is 364 g/mol. The lowest BCUT2D eigenvalue weighted by Gasteiger charge is -2.49. The average Bonchev–Trinajstić information content (AvgIpc) is 3.02. The Morgan fingerprint density at radius 1 is 0.964 bits per heavy atom. The number of rotatable bonds is 4. The van der Waals surface area contributed by atoms with Gasteiger partial charge in [-0.1, -0.05) is 43.2 Å². The van der Waals surface area contributed by atoms with E-state index in [0.717, 1.165) is 43.9 Å². The number of carbonyl (C=O) groups is 1. The van der Waals surface area contributed by atoms with Crippen LogP contribution in [0.2, 0.25) is 0 Å². The van der Waals surface area contributed by atoms with Gasteiger partial charge in [0, 0.05) is 23.0 Å². The highest BCUT2D eigenvalue weighted by Crippen LogP contribution is 2.61. The first-order valence-corrected chi connectivity index (χ1v) is 9.08. The zero-order valence-electron chi connectivity index (χ0n) is 14.9. The van der Waals surface area contributed by atoms with Gasteiger partial charge in [0.25, 0.3) is 11.4 Å². The van der Waals surface area contributed by atoms with E-state index < -0.39 is 33.3 Å². The fraction of sp³-hybridized carbons (Fsp3) is 0.350. The van der Waals surface area contributed by atoms with Gasteiger partial charge in [0.2, 0.25) is 0 Å². The van der Waals surface area contributed by atoms with E-state index in [1.165, 1.54) is 0 Å². The third-order valence-corrected chi connectivity index (χ3v) is 6.07. The van der Waals surface area contributed by atoms with Crippen LogP contribution >= 0.6 is 0 Å². The van der Waals surface area contributed by atoms with Gasteiger partial charge in [-0.25, -0.2) is 4.79 Å². The summed E-state index contributed by atoms with van der Waals surface area (Å²) in [5, 5.41) is 22.1. The van der Waals surface area contributed by atoms with E-state index >= 15 is 0 Å². The van der Waals surface area contributed by atoms with E-state index in [4.69, 9.17) is 4.74 Å². The van der Waals surface area contributed by atoms with Gasteiger partial charge in [-0.2, -0.15) is 0 Å². The molecule has 0 aliphatic heterocycles. The lowest BCUT2D eigenvalue weighted by molar-refractivity contribution is -0.394. The Morgan fingerprint density at radius 2 is 1.61 bits per heavy atom. The number of ether oxygens (including phenoxy) is 1. The number of esters is 1. The molecule has 0 N–H and O–H groups in total. The Morgan fingerprint density at radius 3 is 2.29 bits per heavy atom. The van der Waals surface area contributed by atoms with Crippen LogP contribution in [0.15, 0.2) is 54.7 Å². The molecule has 1 aromatic carbocycles. The van der Waals surface area contributed by atoms with Crippen molar-refractivity contribution < 1.29 is 19.4 Å². The van der Waals surface area contributed by atoms with Gasteiger partial charge in [-0.05, 0) is 18.9 Å². The Bertz CT molecular complexity index is 933. The average molecular weight is 382 g/mol. The molecule has 3 aliphatic rings. The number of hydrogen-bond donors (Lipinski definition) is 0. The van der Waals surface area contributed by atoms with Crippen molar-refractivity contribution in [2.24, 2.45) is 10.8 Å². The number of carbonyl (C=O) groups excluding carboxylic acids is 1. The number of non-ortho nitro benzene ring substituents is 2. The number of allylic oxidation sites excluding steroid dienone is 4. The molecule has 8 nitrogen and oxygen atoms in total. The quantitative estimate of drug-likeness (QED) is 0.333. The predicted octanol–water partition coefficient (Wildman–Crippen LogP) is 4.27. The summed E-state index contributed by atoms with van der Waals surface area (Å²) in [4.78, 5) is 33.4. The zero-order valence-corrected chi connectivity index (χ0v) is 14.9. The Kier molecular flexibility index (Phi) is 4.14. The largest absolute Gasteiger partial charge is 0.454 e. The van der Waals surface area contributed by atoms with Gasteiger partial charge in [-0.15, -0.1) is 0 Å². The highest BCUT2D eigenvalue weighted by molar-refractivity contribution is 5.91. The minimum absolute atomic E-state index is 0.195. The van der Waals surface area contributed by atoms with Crippen molar-refractivity contribution in [3.8, 4) is 0 Å². The van der Waals surface area contributed by atoms with E-state index in [0.29, 0.717) is 0 Å². The maximum absolute atomic E-state index is 12.8. The van der Waals surface area contributed by atoms with E-state index in [-0.39, 0.29) is 16.4 Å². The SMILES string of the molecule is O=C(O[C@@H]1C=CC23C=CC=CC12CCCC3)c1cc([N+](=O)[O-])cc([N+](=O)[O-])c1. The Labute approximate surface area is 160 Å². The molecule has 2 unspecified atom stereocenters. The summed E-state index contributed by atoms with van der Waals surface area (Å²) in [5.41, 5.74) is -1.81. The zero-order chi connectivity index (χ0) is 19.9. The summed E-state index contributed by atoms with van der Waals surface area (Å²) in [6, 6.07) is 2.85. The first kappa shape index (κ1) is 18.1. The van der Waals surface area contributed by atoms with Gasteiger partial charge in [-0.3, -0.25) is 20.2 Å². The maximum atomic E-state index is 12.8. The summed E-state index contributed by atoms with van der Waals surface area (Å²) >= 11 is 0. The number of benzene rings is 1. The molecule has 0 radical (unpaired) electrons. The predicted molar refractivity (Wildman–Crippen MR) is 99.7 cm³/mol. The smallest absolute Gasteiger partial charge is 0.339 e. The van der Waals surface area contributed by atoms with Gasteiger partial charge >= 0.3 is 5.97 Å². The van der Waals surface area contributed by atoms with Crippen molar-refractivity contribution in [2.45, 2.75) is 31.8 Å². The van der Waals surface area contributed by atoms with Crippen LogP contribution in [0.3, 0.4) is 0 Å². The number of nitro groups is 2. The number of hydrogen-bond acceptors (Lipinski definition) is 6. The molecule has 0 amide bonds. The normalized spacial score (nSPS) is 29.8. The third-order valence-electron chi connectivity index (χ3n) is 6.07. The van der Waals surface area contributed by atoms with Crippen LogP contribution in [0, 0.1) is 31.1 Å². The molecular formula is C20H18N2O6. The molecule has 8 heteroatoms. The van der Waals surface area contributed by atoms with Crippen molar-refractivity contribution in [3.05, 3.63) is 80.4 Å². The molecule has 3 atom stereocenters. The van der Waals surface area contributed by atoms with Crippen LogP contribution in [-0.4, -0.2) is 21.9 Å². The van der Waals surface area contributed by atoms with E-state index in [1.807, 2.05) is 18.2 Å². The van der Waals surface area contributed by atoms with Crippen LogP contribution < -0.4 is 0 Å². The Balaban J connectivity index is 1.65. The summed E-state index contributed by atoms with van der Waals surface area (Å²) in [6.07, 6.45) is 15.5. The highest BCUT2D eigenvalue weighted by atomic mass is 16.6. The molecule has 1 fully saturated rings. The second kappa shape index (κ2) is 6.40. The first-order valence-electron chi connectivity index (χ1n) is 9.08. The van der Waals surface area contributed by atoms with Crippen LogP contribution in [0.4, 0.5) is 11.4 Å². The fourth-order valence-corrected chi connectivity index (χ4v) is 4.71. The molecule has 28 heavy (non-hydrogen) atoms. The van der Waals surface area contributed by atoms with E-state index in [9.17, 15) is 25.0 Å².